The van der Waals surface area contributed by atoms with Gasteiger partial charge in [-0.3, -0.25) is 0 Å². The minimum absolute atomic E-state index is 0. The Balaban J connectivity index is -0.000000366. The predicted octanol–water partition coefficient (Wildman–Crippen LogP) is -3.26. The van der Waals surface area contributed by atoms with Crippen molar-refractivity contribution in [1.29, 1.82) is 0 Å². The molecule has 0 amide bonds. The summed E-state index contributed by atoms with van der Waals surface area (Å²) in [5, 5.41) is 0. The minimum Gasteiger partial charge on any atom is -0.894 e. The van der Waals surface area contributed by atoms with E-state index in [4.69, 9.17) is 19.2 Å². The van der Waals surface area contributed by atoms with Crippen LogP contribution < -0.4 is 48.7 Å². The second-order valence-corrected chi connectivity index (χ2v) is 6.39. The molecule has 0 aromatic carbocycles. The van der Waals surface area contributed by atoms with Crippen molar-refractivity contribution in [3.63, 3.8) is 0 Å². The summed E-state index contributed by atoms with van der Waals surface area (Å²) in [6.07, 6.45) is 14.6. The van der Waals surface area contributed by atoms with Crippen molar-refractivity contribution in [2.24, 2.45) is 0 Å². The van der Waals surface area contributed by atoms with Gasteiger partial charge in [-0.05, 0) is 0 Å². The van der Waals surface area contributed by atoms with Gasteiger partial charge in [0.1, 0.15) is 0 Å². The SMILES string of the molecule is CCCCCCCCCCC[CH2][Mo+3].[Na+].[O-][Si]([O-])([O-])[O-]. The van der Waals surface area contributed by atoms with Gasteiger partial charge in [-0.1, -0.05) is 0 Å². The van der Waals surface area contributed by atoms with Gasteiger partial charge < -0.3 is 28.2 Å². The third kappa shape index (κ3) is 45.1. The van der Waals surface area contributed by atoms with Crippen molar-refractivity contribution in [3.8, 4) is 0 Å². The van der Waals surface area contributed by atoms with Gasteiger partial charge in [0.2, 0.25) is 0 Å². The molecular weight excluding hydrogens is 355 g/mol. The summed E-state index contributed by atoms with van der Waals surface area (Å²) in [6, 6.07) is 0. The van der Waals surface area contributed by atoms with E-state index in [-0.39, 0.29) is 29.6 Å². The van der Waals surface area contributed by atoms with E-state index in [0.29, 0.717) is 0 Å². The van der Waals surface area contributed by atoms with Crippen LogP contribution in [0, 0.1) is 0 Å². The van der Waals surface area contributed by atoms with Crippen molar-refractivity contribution >= 4 is 9.05 Å². The van der Waals surface area contributed by atoms with Crippen LogP contribution in [0.15, 0.2) is 0 Å². The Morgan fingerprint density at radius 1 is 0.684 bits per heavy atom. The first-order valence-corrected chi connectivity index (χ1v) is 9.86. The van der Waals surface area contributed by atoms with Gasteiger partial charge in [0, 0.05) is 0 Å². The molecule has 0 aromatic heterocycles. The predicted molar refractivity (Wildman–Crippen MR) is 62.4 cm³/mol. The first-order chi connectivity index (χ1) is 8.41. The first-order valence-electron chi connectivity index (χ1n) is 6.81. The fourth-order valence-corrected chi connectivity index (χ4v) is 2.09. The molecule has 19 heavy (non-hydrogen) atoms. The van der Waals surface area contributed by atoms with Crippen LogP contribution in [0.1, 0.15) is 71.1 Å². The Labute approximate surface area is 152 Å². The van der Waals surface area contributed by atoms with E-state index in [1.54, 1.807) is 0 Å². The molecule has 108 valence electrons. The van der Waals surface area contributed by atoms with Gasteiger partial charge in [-0.2, -0.15) is 0 Å². The molecule has 0 bridgehead atoms. The Kier molecular flexibility index (Phi) is 26.7. The Morgan fingerprint density at radius 3 is 1.21 bits per heavy atom. The van der Waals surface area contributed by atoms with Crippen molar-refractivity contribution in [2.45, 2.75) is 75.9 Å². The fraction of sp³-hybridized carbons (Fsp3) is 1.00. The number of hydrogen-bond acceptors (Lipinski definition) is 4. The molecule has 4 nitrogen and oxygen atoms in total. The number of unbranched alkanes of at least 4 members (excludes halogenated alkanes) is 9. The van der Waals surface area contributed by atoms with Gasteiger partial charge in [0.25, 0.3) is 0 Å². The summed E-state index contributed by atoms with van der Waals surface area (Å²) >= 11 is 2.22. The second kappa shape index (κ2) is 19.7. The Bertz CT molecular complexity index is 143. The van der Waals surface area contributed by atoms with E-state index in [1.807, 2.05) is 0 Å². The Morgan fingerprint density at radius 2 is 0.947 bits per heavy atom. The molecule has 0 atom stereocenters. The molecule has 0 N–H and O–H groups in total. The van der Waals surface area contributed by atoms with Crippen LogP contribution in [-0.4, -0.2) is 9.05 Å². The molecule has 0 saturated heterocycles. The molecule has 0 aliphatic rings. The fourth-order valence-electron chi connectivity index (χ4n) is 1.59. The van der Waals surface area contributed by atoms with Crippen LogP contribution in [0.25, 0.3) is 0 Å². The van der Waals surface area contributed by atoms with Crippen LogP contribution in [-0.2, 0) is 19.8 Å². The van der Waals surface area contributed by atoms with Crippen LogP contribution in [0.3, 0.4) is 0 Å². The maximum absolute atomic E-state index is 8.58. The van der Waals surface area contributed by atoms with Gasteiger partial charge in [0.05, 0.1) is 0 Å². The molecule has 0 aromatic rings. The van der Waals surface area contributed by atoms with E-state index in [1.165, 1.54) is 69.0 Å². The zero-order valence-electron chi connectivity index (χ0n) is 12.3. The summed E-state index contributed by atoms with van der Waals surface area (Å²) < 4.78 is 0. The maximum Gasteiger partial charge on any atom is 1.00 e. The first kappa shape index (κ1) is 25.7. The molecule has 0 saturated carbocycles. The third-order valence-corrected chi connectivity index (χ3v) is 3.21. The third-order valence-electron chi connectivity index (χ3n) is 2.50. The van der Waals surface area contributed by atoms with Crippen LogP contribution in [0.2, 0.25) is 4.81 Å². The van der Waals surface area contributed by atoms with E-state index < -0.39 is 9.05 Å². The summed E-state index contributed by atoms with van der Waals surface area (Å²) in [4.78, 5) is 35.7. The molecule has 0 heterocycles. The molecule has 0 radical (unpaired) electrons. The molecule has 0 spiro atoms. The normalized spacial score (nSPS) is 10.3. The van der Waals surface area contributed by atoms with Crippen molar-refractivity contribution in [3.05, 3.63) is 0 Å². The Hall–Kier alpha value is 1.75. The van der Waals surface area contributed by atoms with Crippen molar-refractivity contribution in [1.82, 2.24) is 0 Å². The second-order valence-electron chi connectivity index (χ2n) is 4.39. The molecule has 0 aliphatic heterocycles. The summed E-state index contributed by atoms with van der Waals surface area (Å²) in [6.45, 7) is 2.28. The standard InChI is InChI=1S/C12H25.Mo.Na.O4Si/c1-3-5-7-9-11-12-10-8-6-4-2;;;1-5(2,3)4/h1,3-12H2,2H3;;;/q;+3;+1;-4. The van der Waals surface area contributed by atoms with E-state index in [2.05, 4.69) is 26.7 Å². The zero-order chi connectivity index (χ0) is 14.3. The van der Waals surface area contributed by atoms with Crippen molar-refractivity contribution < 1.29 is 68.6 Å². The van der Waals surface area contributed by atoms with Crippen LogP contribution >= 0.6 is 0 Å². The largest absolute Gasteiger partial charge is 1.00 e. The smallest absolute Gasteiger partial charge is 0.894 e. The molecule has 0 fully saturated rings. The van der Waals surface area contributed by atoms with Crippen LogP contribution in [0.4, 0.5) is 0 Å². The number of hydrogen-bond donors (Lipinski definition) is 0. The van der Waals surface area contributed by atoms with Crippen LogP contribution in [0.5, 0.6) is 0 Å². The van der Waals surface area contributed by atoms with Gasteiger partial charge in [-0.25, -0.2) is 0 Å². The van der Waals surface area contributed by atoms with E-state index >= 15 is 0 Å². The maximum atomic E-state index is 8.58. The summed E-state index contributed by atoms with van der Waals surface area (Å²) in [5.41, 5.74) is 0. The molecule has 0 rings (SSSR count). The molecule has 0 unspecified atom stereocenters. The van der Waals surface area contributed by atoms with E-state index in [9.17, 15) is 0 Å². The molecular formula is C12H25MoNaO4Si. The molecule has 0 aliphatic carbocycles. The van der Waals surface area contributed by atoms with Gasteiger partial charge in [-0.15, -0.1) is 0 Å². The zero-order valence-corrected chi connectivity index (χ0v) is 17.3. The monoisotopic (exact) mass is 382 g/mol. The molecule has 7 heteroatoms. The topological polar surface area (TPSA) is 92.2 Å². The average molecular weight is 380 g/mol. The summed E-state index contributed by atoms with van der Waals surface area (Å²) in [5.74, 6) is 0. The number of rotatable bonds is 10. The quantitative estimate of drug-likeness (QED) is 0.294. The summed E-state index contributed by atoms with van der Waals surface area (Å²) in [7, 11) is -5.61. The average Bonchev–Trinajstić information content (AvgIpc) is 2.25. The van der Waals surface area contributed by atoms with Gasteiger partial charge in [0.15, 0.2) is 0 Å². The van der Waals surface area contributed by atoms with Crippen molar-refractivity contribution in [2.75, 3.05) is 0 Å². The van der Waals surface area contributed by atoms with Gasteiger partial charge >= 0.3 is 125 Å². The minimum atomic E-state index is -5.61. The van der Waals surface area contributed by atoms with E-state index in [0.717, 1.165) is 0 Å².